The molecule has 0 bridgehead atoms. The van der Waals surface area contributed by atoms with E-state index in [4.69, 9.17) is 0 Å². The molecule has 7 heteroatoms. The van der Waals surface area contributed by atoms with Crippen molar-refractivity contribution in [2.75, 3.05) is 39.3 Å². The lowest BCUT2D eigenvalue weighted by molar-refractivity contribution is 0.194. The van der Waals surface area contributed by atoms with Gasteiger partial charge in [0.15, 0.2) is 0 Å². The van der Waals surface area contributed by atoms with Crippen molar-refractivity contribution in [3.63, 3.8) is 0 Å². The van der Waals surface area contributed by atoms with Crippen LogP contribution >= 0.6 is 24.3 Å². The zero-order chi connectivity index (χ0) is 17.1. The van der Waals surface area contributed by atoms with Crippen LogP contribution in [0.2, 0.25) is 0 Å². The van der Waals surface area contributed by atoms with Crippen LogP contribution in [0, 0.1) is 0 Å². The van der Waals surface area contributed by atoms with E-state index in [1.807, 2.05) is 8.61 Å². The van der Waals surface area contributed by atoms with E-state index >= 15 is 0 Å². The first-order valence-corrected chi connectivity index (χ1v) is 10.6. The van der Waals surface area contributed by atoms with Crippen molar-refractivity contribution in [1.82, 2.24) is 17.2 Å². The highest BCUT2D eigenvalue weighted by atomic mass is 32.2. The summed E-state index contributed by atoms with van der Waals surface area (Å²) in [4.78, 5) is 12.8. The monoisotopic (exact) mass is 362 g/mol. The van der Waals surface area contributed by atoms with Crippen LogP contribution < -0.4 is 0 Å². The van der Waals surface area contributed by atoms with Crippen LogP contribution in [0.15, 0.2) is 0 Å². The summed E-state index contributed by atoms with van der Waals surface area (Å²) in [5.74, 6) is 0. The Morgan fingerprint density at radius 1 is 0.783 bits per heavy atom. The maximum absolute atomic E-state index is 12.8. The fraction of sp³-hybridized carbons (Fsp3) is 0.938. The third-order valence-corrected chi connectivity index (χ3v) is 5.73. The van der Waals surface area contributed by atoms with Gasteiger partial charge in [-0.15, -0.1) is 0 Å². The van der Waals surface area contributed by atoms with Crippen molar-refractivity contribution in [3.8, 4) is 0 Å². The summed E-state index contributed by atoms with van der Waals surface area (Å²) < 4.78 is 8.53. The lowest BCUT2D eigenvalue weighted by Gasteiger charge is -2.37. The minimum Gasteiger partial charge on any atom is -0.254 e. The van der Waals surface area contributed by atoms with Crippen LogP contribution in [0.4, 0.5) is 4.79 Å². The fourth-order valence-corrected chi connectivity index (χ4v) is 4.91. The van der Waals surface area contributed by atoms with Gasteiger partial charge in [0.1, 0.15) is 0 Å². The Balaban J connectivity index is 2.58. The zero-order valence-electron chi connectivity index (χ0n) is 15.3. The van der Waals surface area contributed by atoms with Gasteiger partial charge >= 0.3 is 6.03 Å². The second-order valence-corrected chi connectivity index (χ2v) is 8.10. The predicted molar refractivity (Wildman–Crippen MR) is 103 cm³/mol. The normalized spacial score (nSPS) is 16.0. The number of rotatable bonds is 12. The molecule has 1 aliphatic rings. The molecule has 1 rings (SSSR count). The smallest absolute Gasteiger partial charge is 0.254 e. The van der Waals surface area contributed by atoms with E-state index in [-0.39, 0.29) is 6.03 Å². The zero-order valence-corrected chi connectivity index (χ0v) is 16.9. The van der Waals surface area contributed by atoms with E-state index in [9.17, 15) is 4.79 Å². The summed E-state index contributed by atoms with van der Waals surface area (Å²) in [5.41, 5.74) is 0. The summed E-state index contributed by atoms with van der Waals surface area (Å²) in [7, 11) is 0. The molecule has 0 aromatic carbocycles. The number of carbonyl (C=O) groups excluding carboxylic acids is 1. The molecule has 1 saturated heterocycles. The summed E-state index contributed by atoms with van der Waals surface area (Å²) in [6.45, 7) is 14.6. The van der Waals surface area contributed by atoms with Gasteiger partial charge in [0, 0.05) is 63.5 Å². The number of amides is 2. The van der Waals surface area contributed by atoms with Gasteiger partial charge in [0.05, 0.1) is 0 Å². The van der Waals surface area contributed by atoms with E-state index < -0.39 is 0 Å². The Morgan fingerprint density at radius 3 is 1.43 bits per heavy atom. The van der Waals surface area contributed by atoms with Gasteiger partial charge in [-0.05, 0) is 32.1 Å². The van der Waals surface area contributed by atoms with E-state index in [0.717, 1.165) is 71.4 Å². The topological polar surface area (TPSA) is 30.0 Å². The van der Waals surface area contributed by atoms with Crippen LogP contribution in [0.3, 0.4) is 0 Å². The van der Waals surface area contributed by atoms with Gasteiger partial charge in [-0.2, -0.15) is 0 Å². The SMILES string of the molecule is CCCN(CCC)SN1CCCN(SN(CCC)CCC)C1=O. The Kier molecular flexibility index (Phi) is 11.2. The molecular formula is C16H34N4OS2. The highest BCUT2D eigenvalue weighted by Gasteiger charge is 2.29. The van der Waals surface area contributed by atoms with Gasteiger partial charge < -0.3 is 0 Å². The number of urea groups is 1. The first-order valence-electron chi connectivity index (χ1n) is 9.11. The minimum absolute atomic E-state index is 0.153. The highest BCUT2D eigenvalue weighted by molar-refractivity contribution is 7.96. The third kappa shape index (κ3) is 7.54. The van der Waals surface area contributed by atoms with Crippen molar-refractivity contribution in [3.05, 3.63) is 0 Å². The lowest BCUT2D eigenvalue weighted by atomic mass is 10.4. The molecule has 0 N–H and O–H groups in total. The molecule has 0 aromatic heterocycles. The molecule has 136 valence electrons. The van der Waals surface area contributed by atoms with Gasteiger partial charge in [-0.25, -0.2) is 13.4 Å². The largest absolute Gasteiger partial charge is 0.341 e. The first kappa shape index (κ1) is 20.9. The molecule has 23 heavy (non-hydrogen) atoms. The molecule has 0 atom stereocenters. The lowest BCUT2D eigenvalue weighted by Crippen LogP contribution is -2.46. The number of hydrogen-bond acceptors (Lipinski definition) is 5. The number of hydrogen-bond donors (Lipinski definition) is 0. The van der Waals surface area contributed by atoms with E-state index in [1.165, 1.54) is 0 Å². The van der Waals surface area contributed by atoms with Crippen LogP contribution in [0.1, 0.15) is 59.8 Å². The van der Waals surface area contributed by atoms with E-state index in [0.29, 0.717) is 0 Å². The van der Waals surface area contributed by atoms with E-state index in [1.54, 1.807) is 24.3 Å². The maximum Gasteiger partial charge on any atom is 0.341 e. The quantitative estimate of drug-likeness (QED) is 0.478. The van der Waals surface area contributed by atoms with Crippen molar-refractivity contribution in [1.29, 1.82) is 0 Å². The molecule has 5 nitrogen and oxygen atoms in total. The van der Waals surface area contributed by atoms with Gasteiger partial charge in [-0.1, -0.05) is 27.7 Å². The van der Waals surface area contributed by atoms with Gasteiger partial charge in [-0.3, -0.25) is 8.61 Å². The molecule has 1 fully saturated rings. The standard InChI is InChI=1S/C16H34N4OS2/c1-5-10-17(11-6-2)22-19-14-9-15-20(16(19)21)23-18(12-7-3)13-8-4/h5-15H2,1-4H3. The molecule has 0 radical (unpaired) electrons. The molecule has 0 aliphatic carbocycles. The molecule has 1 heterocycles. The molecule has 0 spiro atoms. The molecule has 1 aliphatic heterocycles. The summed E-state index contributed by atoms with van der Waals surface area (Å²) in [6.07, 6.45) is 5.52. The van der Waals surface area contributed by atoms with Crippen molar-refractivity contribution < 1.29 is 4.79 Å². The molecule has 0 saturated carbocycles. The van der Waals surface area contributed by atoms with Crippen molar-refractivity contribution in [2.45, 2.75) is 59.8 Å². The van der Waals surface area contributed by atoms with E-state index in [2.05, 4.69) is 36.3 Å². The van der Waals surface area contributed by atoms with Gasteiger partial charge in [0.25, 0.3) is 0 Å². The number of carbonyl (C=O) groups is 1. The molecule has 0 aromatic rings. The first-order chi connectivity index (χ1) is 11.2. The fourth-order valence-electron chi connectivity index (χ4n) is 2.49. The number of nitrogens with zero attached hydrogens (tertiary/aromatic N) is 4. The Hall–Kier alpha value is -0.110. The van der Waals surface area contributed by atoms with Crippen molar-refractivity contribution in [2.24, 2.45) is 0 Å². The predicted octanol–water partition coefficient (Wildman–Crippen LogP) is 4.48. The van der Waals surface area contributed by atoms with Crippen molar-refractivity contribution >= 4 is 30.3 Å². The highest BCUT2D eigenvalue weighted by Crippen LogP contribution is 2.28. The molecule has 0 unspecified atom stereocenters. The maximum atomic E-state index is 12.8. The van der Waals surface area contributed by atoms with Crippen LogP contribution in [-0.4, -0.2) is 62.5 Å². The summed E-state index contributed by atoms with van der Waals surface area (Å²) in [6, 6.07) is 0.153. The second kappa shape index (κ2) is 12.3. The average Bonchev–Trinajstić information content (AvgIpc) is 2.52. The minimum atomic E-state index is 0.153. The van der Waals surface area contributed by atoms with Gasteiger partial charge in [0.2, 0.25) is 0 Å². The Morgan fingerprint density at radius 2 is 1.13 bits per heavy atom. The van der Waals surface area contributed by atoms with Crippen LogP contribution in [0.5, 0.6) is 0 Å². The van der Waals surface area contributed by atoms with Crippen LogP contribution in [-0.2, 0) is 0 Å². The Labute approximate surface area is 151 Å². The average molecular weight is 363 g/mol. The summed E-state index contributed by atoms with van der Waals surface area (Å²) >= 11 is 3.25. The second-order valence-electron chi connectivity index (χ2n) is 5.86. The van der Waals surface area contributed by atoms with Crippen LogP contribution in [0.25, 0.3) is 0 Å². The third-order valence-electron chi connectivity index (χ3n) is 3.47. The Bertz CT molecular complexity index is 293. The molecular weight excluding hydrogens is 328 g/mol. The summed E-state index contributed by atoms with van der Waals surface area (Å²) in [5, 5.41) is 0. The molecule has 2 amide bonds.